The van der Waals surface area contributed by atoms with E-state index in [1.807, 2.05) is 0 Å². The predicted molar refractivity (Wildman–Crippen MR) is 130 cm³/mol. The van der Waals surface area contributed by atoms with E-state index < -0.39 is 8.32 Å². The van der Waals surface area contributed by atoms with E-state index in [1.54, 1.807) is 0 Å². The average Bonchev–Trinajstić information content (AvgIpc) is 2.73. The molecular weight excluding hydrogens is 384 g/mol. The van der Waals surface area contributed by atoms with Gasteiger partial charge in [0.15, 0.2) is 0 Å². The molecule has 1 saturated carbocycles. The molecule has 1 unspecified atom stereocenters. The molecule has 0 spiro atoms. The first-order chi connectivity index (χ1) is 14.2. The Kier molecular flexibility index (Phi) is 7.27. The van der Waals surface area contributed by atoms with Gasteiger partial charge in [-0.05, 0) is 46.0 Å². The molecule has 0 amide bonds. The van der Waals surface area contributed by atoms with Crippen LogP contribution in [0.3, 0.4) is 0 Å². The summed E-state index contributed by atoms with van der Waals surface area (Å²) in [6.45, 7) is 12.3. The Balaban J connectivity index is 1.85. The molecule has 3 atom stereocenters. The molecule has 3 heteroatoms. The highest BCUT2D eigenvalue weighted by Gasteiger charge is 2.50. The zero-order valence-electron chi connectivity index (χ0n) is 19.5. The van der Waals surface area contributed by atoms with Crippen LogP contribution in [0.2, 0.25) is 5.04 Å². The SMILES string of the molecule is C[C@@H]1CCCC(O)[C@@]1(C)CCCO[Si](c1ccccc1)(c1ccccc1)C(C)(C)C. The molecule has 1 fully saturated rings. The minimum atomic E-state index is -2.46. The molecule has 0 radical (unpaired) electrons. The average molecular weight is 425 g/mol. The van der Waals surface area contributed by atoms with E-state index in [-0.39, 0.29) is 16.6 Å². The molecule has 3 rings (SSSR count). The van der Waals surface area contributed by atoms with Gasteiger partial charge in [-0.2, -0.15) is 0 Å². The molecular formula is C27H40O2Si. The molecule has 0 saturated heterocycles. The minimum Gasteiger partial charge on any atom is -0.407 e. The highest BCUT2D eigenvalue weighted by molar-refractivity contribution is 6.99. The topological polar surface area (TPSA) is 29.5 Å². The quantitative estimate of drug-likeness (QED) is 0.468. The Hall–Kier alpha value is -1.42. The molecule has 2 aromatic carbocycles. The van der Waals surface area contributed by atoms with E-state index in [0.717, 1.165) is 32.3 Å². The number of benzene rings is 2. The maximum atomic E-state index is 10.7. The van der Waals surface area contributed by atoms with Gasteiger partial charge in [0.25, 0.3) is 8.32 Å². The van der Waals surface area contributed by atoms with E-state index >= 15 is 0 Å². The summed E-state index contributed by atoms with van der Waals surface area (Å²) in [5, 5.41) is 13.4. The first kappa shape index (κ1) is 23.2. The number of aliphatic hydroxyl groups excluding tert-OH is 1. The van der Waals surface area contributed by atoms with Crippen LogP contribution >= 0.6 is 0 Å². The zero-order valence-corrected chi connectivity index (χ0v) is 20.5. The number of rotatable bonds is 7. The Morgan fingerprint density at radius 1 is 0.967 bits per heavy atom. The van der Waals surface area contributed by atoms with Crippen LogP contribution in [0.15, 0.2) is 60.7 Å². The van der Waals surface area contributed by atoms with Crippen molar-refractivity contribution < 1.29 is 9.53 Å². The van der Waals surface area contributed by atoms with Crippen LogP contribution in [-0.2, 0) is 4.43 Å². The second-order valence-corrected chi connectivity index (χ2v) is 14.8. The molecule has 1 aliphatic rings. The largest absolute Gasteiger partial charge is 0.407 e. The zero-order chi connectivity index (χ0) is 21.8. The van der Waals surface area contributed by atoms with Crippen LogP contribution in [-0.4, -0.2) is 26.1 Å². The number of hydrogen-bond acceptors (Lipinski definition) is 2. The first-order valence-corrected chi connectivity index (χ1v) is 13.6. The van der Waals surface area contributed by atoms with Crippen LogP contribution in [0.4, 0.5) is 0 Å². The lowest BCUT2D eigenvalue weighted by Crippen LogP contribution is -2.66. The molecule has 0 heterocycles. The van der Waals surface area contributed by atoms with Gasteiger partial charge in [0.1, 0.15) is 0 Å². The molecule has 0 bridgehead atoms. The standard InChI is InChI=1S/C27H40O2Si/c1-22-14-12-19-25(28)27(22,5)20-13-21-29-30(26(2,3)4,23-15-8-6-9-16-23)24-17-10-7-11-18-24/h6-11,15-18,22,25,28H,12-14,19-21H2,1-5H3/t22-,25?,27+/m1/s1. The van der Waals surface area contributed by atoms with Crippen LogP contribution < -0.4 is 10.4 Å². The van der Waals surface area contributed by atoms with E-state index in [2.05, 4.69) is 95.3 Å². The Morgan fingerprint density at radius 3 is 1.97 bits per heavy atom. The van der Waals surface area contributed by atoms with Gasteiger partial charge in [0.2, 0.25) is 0 Å². The van der Waals surface area contributed by atoms with E-state index in [0.29, 0.717) is 5.92 Å². The van der Waals surface area contributed by atoms with Crippen molar-refractivity contribution >= 4 is 18.7 Å². The summed E-state index contributed by atoms with van der Waals surface area (Å²) in [5.41, 5.74) is 0.00700. The third kappa shape index (κ3) is 4.44. The summed E-state index contributed by atoms with van der Waals surface area (Å²) in [6.07, 6.45) is 5.14. The van der Waals surface area contributed by atoms with Gasteiger partial charge in [0.05, 0.1) is 6.10 Å². The van der Waals surface area contributed by atoms with Crippen LogP contribution in [0.25, 0.3) is 0 Å². The Morgan fingerprint density at radius 2 is 1.50 bits per heavy atom. The summed E-state index contributed by atoms with van der Waals surface area (Å²) in [5.74, 6) is 0.564. The van der Waals surface area contributed by atoms with Gasteiger partial charge in [-0.1, -0.05) is 108 Å². The maximum Gasteiger partial charge on any atom is 0.261 e. The number of aliphatic hydroxyl groups is 1. The molecule has 1 aliphatic carbocycles. The Labute approximate surface area is 184 Å². The van der Waals surface area contributed by atoms with Crippen molar-refractivity contribution in [1.29, 1.82) is 0 Å². The lowest BCUT2D eigenvalue weighted by Gasteiger charge is -2.45. The fourth-order valence-corrected chi connectivity index (χ4v) is 10.1. The molecule has 2 aromatic rings. The molecule has 164 valence electrons. The van der Waals surface area contributed by atoms with Crippen molar-refractivity contribution in [3.05, 3.63) is 60.7 Å². The van der Waals surface area contributed by atoms with Gasteiger partial charge in [-0.3, -0.25) is 0 Å². The monoisotopic (exact) mass is 424 g/mol. The summed E-state index contributed by atoms with van der Waals surface area (Å²) in [7, 11) is -2.46. The van der Waals surface area contributed by atoms with Gasteiger partial charge in [0, 0.05) is 6.61 Å². The van der Waals surface area contributed by atoms with Crippen LogP contribution in [0.1, 0.15) is 66.7 Å². The number of hydrogen-bond donors (Lipinski definition) is 1. The molecule has 30 heavy (non-hydrogen) atoms. The lowest BCUT2D eigenvalue weighted by atomic mass is 9.64. The van der Waals surface area contributed by atoms with Crippen molar-refractivity contribution in [2.45, 2.75) is 77.9 Å². The first-order valence-electron chi connectivity index (χ1n) is 11.6. The highest BCUT2D eigenvalue weighted by atomic mass is 28.4. The van der Waals surface area contributed by atoms with E-state index in [1.165, 1.54) is 16.8 Å². The second kappa shape index (κ2) is 9.38. The molecule has 0 aromatic heterocycles. The minimum absolute atomic E-state index is 0.00700. The fraction of sp³-hybridized carbons (Fsp3) is 0.556. The van der Waals surface area contributed by atoms with Crippen LogP contribution in [0, 0.1) is 11.3 Å². The maximum absolute atomic E-state index is 10.7. The smallest absolute Gasteiger partial charge is 0.261 e. The van der Waals surface area contributed by atoms with Gasteiger partial charge in [-0.25, -0.2) is 0 Å². The summed E-state index contributed by atoms with van der Waals surface area (Å²) >= 11 is 0. The Bertz CT molecular complexity index is 732. The molecule has 1 N–H and O–H groups in total. The molecule has 0 aliphatic heterocycles. The van der Waals surface area contributed by atoms with Crippen molar-refractivity contribution in [2.24, 2.45) is 11.3 Å². The van der Waals surface area contributed by atoms with Gasteiger partial charge < -0.3 is 9.53 Å². The van der Waals surface area contributed by atoms with Crippen molar-refractivity contribution in [3.63, 3.8) is 0 Å². The van der Waals surface area contributed by atoms with Gasteiger partial charge in [-0.15, -0.1) is 0 Å². The van der Waals surface area contributed by atoms with Crippen molar-refractivity contribution in [2.75, 3.05) is 6.61 Å². The van der Waals surface area contributed by atoms with Gasteiger partial charge >= 0.3 is 0 Å². The molecule has 2 nitrogen and oxygen atoms in total. The predicted octanol–water partition coefficient (Wildman–Crippen LogP) is 5.53. The normalized spacial score (nSPS) is 25.3. The van der Waals surface area contributed by atoms with Crippen molar-refractivity contribution in [3.8, 4) is 0 Å². The lowest BCUT2D eigenvalue weighted by molar-refractivity contribution is -0.0444. The fourth-order valence-electron chi connectivity index (χ4n) is 5.46. The highest BCUT2D eigenvalue weighted by Crippen LogP contribution is 2.44. The summed E-state index contributed by atoms with van der Waals surface area (Å²) < 4.78 is 7.03. The van der Waals surface area contributed by atoms with E-state index in [4.69, 9.17) is 4.43 Å². The van der Waals surface area contributed by atoms with E-state index in [9.17, 15) is 5.11 Å². The summed E-state index contributed by atoms with van der Waals surface area (Å²) in [4.78, 5) is 0. The second-order valence-electron chi connectivity index (χ2n) is 10.5. The van der Waals surface area contributed by atoms with Crippen molar-refractivity contribution in [1.82, 2.24) is 0 Å². The third-order valence-corrected chi connectivity index (χ3v) is 12.6. The third-order valence-electron chi connectivity index (χ3n) is 7.60. The van der Waals surface area contributed by atoms with Crippen LogP contribution in [0.5, 0.6) is 0 Å². The summed E-state index contributed by atoms with van der Waals surface area (Å²) in [6, 6.07) is 21.7.